The Kier molecular flexibility index (Phi) is 5.88. The highest BCUT2D eigenvalue weighted by Gasteiger charge is 2.16. The van der Waals surface area contributed by atoms with Gasteiger partial charge in [0.2, 0.25) is 5.95 Å². The Balaban J connectivity index is 1.64. The van der Waals surface area contributed by atoms with E-state index in [-0.39, 0.29) is 6.04 Å². The maximum absolute atomic E-state index is 4.80. The third kappa shape index (κ3) is 4.10. The number of allylic oxidation sites excluding steroid dienone is 1. The monoisotopic (exact) mass is 418 g/mol. The lowest BCUT2D eigenvalue weighted by atomic mass is 10.1. The molecule has 0 unspecified atom stereocenters. The van der Waals surface area contributed by atoms with Crippen molar-refractivity contribution in [1.29, 1.82) is 0 Å². The summed E-state index contributed by atoms with van der Waals surface area (Å²) in [6, 6.07) is 0.250. The molecule has 0 saturated heterocycles. The van der Waals surface area contributed by atoms with E-state index in [0.717, 1.165) is 42.2 Å². The second-order valence-corrected chi connectivity index (χ2v) is 7.97. The molecule has 0 aromatic carbocycles. The van der Waals surface area contributed by atoms with Crippen LogP contribution in [0.5, 0.6) is 0 Å². The molecule has 4 rings (SSSR count). The van der Waals surface area contributed by atoms with E-state index in [0.29, 0.717) is 5.95 Å². The molecule has 31 heavy (non-hydrogen) atoms. The zero-order chi connectivity index (χ0) is 22.0. The van der Waals surface area contributed by atoms with Crippen LogP contribution in [0.2, 0.25) is 0 Å². The Morgan fingerprint density at radius 1 is 1.19 bits per heavy atom. The maximum Gasteiger partial charge on any atom is 0.239 e. The molecule has 0 aliphatic rings. The highest BCUT2D eigenvalue weighted by Crippen LogP contribution is 2.24. The predicted molar refractivity (Wildman–Crippen MR) is 125 cm³/mol. The molecule has 162 valence electrons. The first-order valence-electron chi connectivity index (χ1n) is 10.8. The fourth-order valence-corrected chi connectivity index (χ4v) is 3.69. The number of anilines is 1. The van der Waals surface area contributed by atoms with Crippen LogP contribution in [0.25, 0.3) is 23.2 Å². The molecule has 0 amide bonds. The van der Waals surface area contributed by atoms with E-state index in [2.05, 4.69) is 70.9 Å². The number of fused-ring (bicyclic) bond motifs is 1. The van der Waals surface area contributed by atoms with Crippen molar-refractivity contribution >= 4 is 23.1 Å². The quantitative estimate of drug-likeness (QED) is 0.436. The van der Waals surface area contributed by atoms with E-state index in [1.165, 1.54) is 16.8 Å². The van der Waals surface area contributed by atoms with Crippen LogP contribution in [0, 0.1) is 13.8 Å². The van der Waals surface area contributed by atoms with Gasteiger partial charge in [-0.3, -0.25) is 4.57 Å². The number of imidazole rings is 2. The van der Waals surface area contributed by atoms with Crippen LogP contribution in [0.4, 0.5) is 5.82 Å². The number of nitrogens with one attached hydrogen (secondary N) is 2. The Hall–Kier alpha value is -3.42. The summed E-state index contributed by atoms with van der Waals surface area (Å²) in [5.74, 6) is 2.18. The van der Waals surface area contributed by atoms with Crippen LogP contribution in [-0.2, 0) is 6.42 Å². The van der Waals surface area contributed by atoms with Gasteiger partial charge < -0.3 is 14.9 Å². The van der Waals surface area contributed by atoms with E-state index < -0.39 is 0 Å². The molecule has 8 nitrogen and oxygen atoms in total. The van der Waals surface area contributed by atoms with E-state index in [4.69, 9.17) is 9.97 Å². The SMILES string of the molecule is CCC=Cc1c(CCNc2nc(-n3ccnc3C)nc3c2ncn3C(C)C)c[nH]c1C. The summed E-state index contributed by atoms with van der Waals surface area (Å²) in [5.41, 5.74) is 5.36. The van der Waals surface area contributed by atoms with Gasteiger partial charge in [-0.15, -0.1) is 0 Å². The van der Waals surface area contributed by atoms with Gasteiger partial charge >= 0.3 is 0 Å². The Morgan fingerprint density at radius 3 is 2.74 bits per heavy atom. The van der Waals surface area contributed by atoms with Crippen molar-refractivity contribution in [2.24, 2.45) is 0 Å². The summed E-state index contributed by atoms with van der Waals surface area (Å²) in [6.45, 7) is 11.2. The second-order valence-electron chi connectivity index (χ2n) is 7.97. The summed E-state index contributed by atoms with van der Waals surface area (Å²) in [4.78, 5) is 21.9. The number of hydrogen-bond donors (Lipinski definition) is 2. The minimum Gasteiger partial charge on any atom is -0.368 e. The van der Waals surface area contributed by atoms with Crippen LogP contribution >= 0.6 is 0 Å². The van der Waals surface area contributed by atoms with E-state index in [1.807, 2.05) is 24.0 Å². The first-order chi connectivity index (χ1) is 15.0. The average molecular weight is 419 g/mol. The molecule has 0 saturated carbocycles. The molecule has 0 radical (unpaired) electrons. The smallest absolute Gasteiger partial charge is 0.239 e. The Labute approximate surface area is 182 Å². The molecule has 0 aliphatic heterocycles. The molecular weight excluding hydrogens is 388 g/mol. The largest absolute Gasteiger partial charge is 0.368 e. The number of hydrogen-bond acceptors (Lipinski definition) is 5. The third-order valence-corrected chi connectivity index (χ3v) is 5.43. The van der Waals surface area contributed by atoms with E-state index in [1.54, 1.807) is 6.20 Å². The highest BCUT2D eigenvalue weighted by atomic mass is 15.2. The molecule has 2 N–H and O–H groups in total. The molecular formula is C23H30N8. The van der Waals surface area contributed by atoms with Crippen molar-refractivity contribution in [3.63, 3.8) is 0 Å². The average Bonchev–Trinajstić information content (AvgIpc) is 3.45. The lowest BCUT2D eigenvalue weighted by Gasteiger charge is -2.12. The van der Waals surface area contributed by atoms with Crippen LogP contribution in [0.15, 0.2) is 31.0 Å². The van der Waals surface area contributed by atoms with Gasteiger partial charge in [-0.1, -0.05) is 19.1 Å². The van der Waals surface area contributed by atoms with Crippen LogP contribution in [0.3, 0.4) is 0 Å². The van der Waals surface area contributed by atoms with Crippen LogP contribution in [0.1, 0.15) is 55.9 Å². The first kappa shape index (κ1) is 20.8. The van der Waals surface area contributed by atoms with E-state index in [9.17, 15) is 0 Å². The topological polar surface area (TPSA) is 89.2 Å². The number of aryl methyl sites for hydroxylation is 2. The Bertz CT molecular complexity index is 1210. The van der Waals surface area contributed by atoms with Crippen molar-refractivity contribution in [1.82, 2.24) is 34.1 Å². The van der Waals surface area contributed by atoms with Crippen LogP contribution in [-0.4, -0.2) is 40.6 Å². The predicted octanol–water partition coefficient (Wildman–Crippen LogP) is 4.62. The molecule has 4 heterocycles. The third-order valence-electron chi connectivity index (χ3n) is 5.43. The molecule has 0 fully saturated rings. The number of rotatable bonds is 8. The normalized spacial score (nSPS) is 11.9. The molecule has 0 atom stereocenters. The van der Waals surface area contributed by atoms with Gasteiger partial charge in [-0.25, -0.2) is 9.97 Å². The lowest BCUT2D eigenvalue weighted by Crippen LogP contribution is -2.11. The standard InChI is InChI=1S/C23H30N8/c1-6-7-8-19-16(4)26-13-18(19)9-10-25-21-20-22(31(14-27-20)15(2)3)29-23(28-21)30-12-11-24-17(30)5/h7-8,11-15,26H,6,9-10H2,1-5H3,(H,25,28,29). The van der Waals surface area contributed by atoms with Gasteiger partial charge in [0.05, 0.1) is 6.33 Å². The van der Waals surface area contributed by atoms with Crippen molar-refractivity contribution in [3.05, 3.63) is 53.6 Å². The zero-order valence-electron chi connectivity index (χ0n) is 18.8. The molecule has 4 aromatic rings. The number of nitrogens with zero attached hydrogens (tertiary/aromatic N) is 6. The molecule has 0 aliphatic carbocycles. The van der Waals surface area contributed by atoms with Gasteiger partial charge in [-0.05, 0) is 51.7 Å². The maximum atomic E-state index is 4.80. The van der Waals surface area contributed by atoms with E-state index >= 15 is 0 Å². The molecule has 4 aromatic heterocycles. The van der Waals surface area contributed by atoms with Crippen molar-refractivity contribution in [2.75, 3.05) is 11.9 Å². The summed E-state index contributed by atoms with van der Waals surface area (Å²) in [6.07, 6.45) is 13.9. The lowest BCUT2D eigenvalue weighted by molar-refractivity contribution is 0.612. The number of aromatic nitrogens is 7. The highest BCUT2D eigenvalue weighted by molar-refractivity contribution is 5.83. The molecule has 0 bridgehead atoms. The first-order valence-corrected chi connectivity index (χ1v) is 10.8. The molecule has 8 heteroatoms. The van der Waals surface area contributed by atoms with Crippen molar-refractivity contribution in [3.8, 4) is 5.95 Å². The summed E-state index contributed by atoms with van der Waals surface area (Å²) < 4.78 is 3.96. The summed E-state index contributed by atoms with van der Waals surface area (Å²) in [5, 5.41) is 3.50. The number of H-pyrrole nitrogens is 1. The minimum atomic E-state index is 0.250. The molecule has 0 spiro atoms. The second kappa shape index (κ2) is 8.75. The van der Waals surface area contributed by atoms with Gasteiger partial charge in [0, 0.05) is 36.9 Å². The zero-order valence-corrected chi connectivity index (χ0v) is 18.8. The number of aromatic amines is 1. The van der Waals surface area contributed by atoms with Gasteiger partial charge in [0.25, 0.3) is 0 Å². The minimum absolute atomic E-state index is 0.250. The summed E-state index contributed by atoms with van der Waals surface area (Å²) in [7, 11) is 0. The Morgan fingerprint density at radius 2 is 2.03 bits per heavy atom. The van der Waals surface area contributed by atoms with Crippen molar-refractivity contribution < 1.29 is 0 Å². The van der Waals surface area contributed by atoms with Gasteiger partial charge in [-0.2, -0.15) is 9.97 Å². The van der Waals surface area contributed by atoms with Gasteiger partial charge in [0.1, 0.15) is 5.82 Å². The van der Waals surface area contributed by atoms with Crippen LogP contribution < -0.4 is 5.32 Å². The summed E-state index contributed by atoms with van der Waals surface area (Å²) >= 11 is 0. The fraction of sp³-hybridized carbons (Fsp3) is 0.391. The fourth-order valence-electron chi connectivity index (χ4n) is 3.69. The van der Waals surface area contributed by atoms with Gasteiger partial charge in [0.15, 0.2) is 17.0 Å². The van der Waals surface area contributed by atoms with Crippen molar-refractivity contribution in [2.45, 2.75) is 53.5 Å².